The molecule has 0 amide bonds. The molecule has 0 N–H and O–H groups in total. The maximum atomic E-state index is 4.83. The zero-order valence-electron chi connectivity index (χ0n) is 8.98. The molecule has 0 saturated carbocycles. The predicted octanol–water partition coefficient (Wildman–Crippen LogP) is 3.89. The van der Waals surface area contributed by atoms with Gasteiger partial charge in [0.1, 0.15) is 0 Å². The number of hydrogen-bond acceptors (Lipinski definition) is 2. The fourth-order valence-electron chi connectivity index (χ4n) is 1.06. The van der Waals surface area contributed by atoms with E-state index in [1.807, 2.05) is 23.9 Å². The minimum absolute atomic E-state index is 0.986. The second-order valence-electron chi connectivity index (χ2n) is 3.11. The molecular weight excluding hydrogens is 204 g/mol. The van der Waals surface area contributed by atoms with Gasteiger partial charge in [0, 0.05) is 10.6 Å². The minimum atomic E-state index is 0.986. The molecule has 1 rings (SSSR count). The molecule has 15 heavy (non-hydrogen) atoms. The van der Waals surface area contributed by atoms with E-state index < -0.39 is 0 Å². The van der Waals surface area contributed by atoms with Crippen LogP contribution in [0.5, 0.6) is 0 Å². The van der Waals surface area contributed by atoms with Crippen molar-refractivity contribution < 1.29 is 4.74 Å². The SMILES string of the molecule is C=C(/C=C/OC)CCSc1ccccc1. The molecule has 1 aromatic rings. The first kappa shape index (κ1) is 11.9. The molecule has 0 heterocycles. The van der Waals surface area contributed by atoms with Crippen molar-refractivity contribution >= 4 is 11.8 Å². The Morgan fingerprint density at radius 1 is 1.40 bits per heavy atom. The van der Waals surface area contributed by atoms with Gasteiger partial charge >= 0.3 is 0 Å². The Labute approximate surface area is 95.8 Å². The quantitative estimate of drug-likeness (QED) is 0.409. The average Bonchev–Trinajstić information content (AvgIpc) is 2.28. The third kappa shape index (κ3) is 5.33. The summed E-state index contributed by atoms with van der Waals surface area (Å²) in [5.74, 6) is 1.05. The molecule has 2 heteroatoms. The standard InChI is InChI=1S/C13H16OS/c1-12(8-10-14-2)9-11-15-13-6-4-3-5-7-13/h3-8,10H,1,9,11H2,2H3/b10-8+. The van der Waals surface area contributed by atoms with E-state index in [2.05, 4.69) is 30.8 Å². The summed E-state index contributed by atoms with van der Waals surface area (Å²) in [6.45, 7) is 3.94. The zero-order chi connectivity index (χ0) is 10.9. The summed E-state index contributed by atoms with van der Waals surface area (Å²) in [5, 5.41) is 0. The van der Waals surface area contributed by atoms with E-state index in [-0.39, 0.29) is 0 Å². The molecule has 0 fully saturated rings. The summed E-state index contributed by atoms with van der Waals surface area (Å²) in [6, 6.07) is 10.4. The van der Waals surface area contributed by atoms with Crippen molar-refractivity contribution in [2.45, 2.75) is 11.3 Å². The largest absolute Gasteiger partial charge is 0.504 e. The fraction of sp³-hybridized carbons (Fsp3) is 0.231. The molecule has 0 aliphatic rings. The van der Waals surface area contributed by atoms with E-state index in [1.165, 1.54) is 4.90 Å². The van der Waals surface area contributed by atoms with Crippen LogP contribution in [0.2, 0.25) is 0 Å². The number of hydrogen-bond donors (Lipinski definition) is 0. The van der Waals surface area contributed by atoms with Crippen molar-refractivity contribution in [3.8, 4) is 0 Å². The van der Waals surface area contributed by atoms with Crippen molar-refractivity contribution in [1.29, 1.82) is 0 Å². The van der Waals surface area contributed by atoms with Gasteiger partial charge in [-0.05, 0) is 24.6 Å². The molecule has 0 atom stereocenters. The van der Waals surface area contributed by atoms with Crippen molar-refractivity contribution in [3.05, 3.63) is 54.8 Å². The summed E-state index contributed by atoms with van der Waals surface area (Å²) in [7, 11) is 1.64. The summed E-state index contributed by atoms with van der Waals surface area (Å²) in [6.07, 6.45) is 4.56. The van der Waals surface area contributed by atoms with Gasteiger partial charge in [0.05, 0.1) is 13.4 Å². The van der Waals surface area contributed by atoms with Gasteiger partial charge in [-0.1, -0.05) is 30.4 Å². The van der Waals surface area contributed by atoms with Crippen LogP contribution in [-0.2, 0) is 4.74 Å². The highest BCUT2D eigenvalue weighted by molar-refractivity contribution is 7.99. The Balaban J connectivity index is 2.22. The van der Waals surface area contributed by atoms with Gasteiger partial charge in [0.15, 0.2) is 0 Å². The van der Waals surface area contributed by atoms with Gasteiger partial charge in [0.25, 0.3) is 0 Å². The number of thioether (sulfide) groups is 1. The van der Waals surface area contributed by atoms with Gasteiger partial charge in [-0.3, -0.25) is 0 Å². The summed E-state index contributed by atoms with van der Waals surface area (Å²) in [5.41, 5.74) is 1.10. The number of methoxy groups -OCH3 is 1. The monoisotopic (exact) mass is 220 g/mol. The molecule has 1 aromatic carbocycles. The minimum Gasteiger partial charge on any atom is -0.504 e. The van der Waals surface area contributed by atoms with Crippen LogP contribution >= 0.6 is 11.8 Å². The first-order chi connectivity index (χ1) is 7.33. The lowest BCUT2D eigenvalue weighted by Crippen LogP contribution is -1.82. The molecular formula is C13H16OS. The van der Waals surface area contributed by atoms with Gasteiger partial charge in [0.2, 0.25) is 0 Å². The maximum absolute atomic E-state index is 4.83. The van der Waals surface area contributed by atoms with Crippen molar-refractivity contribution in [2.24, 2.45) is 0 Å². The van der Waals surface area contributed by atoms with Gasteiger partial charge in [-0.2, -0.15) is 0 Å². The van der Waals surface area contributed by atoms with Gasteiger partial charge in [-0.25, -0.2) is 0 Å². The predicted molar refractivity (Wildman–Crippen MR) is 67.1 cm³/mol. The third-order valence-electron chi connectivity index (χ3n) is 1.87. The van der Waals surface area contributed by atoms with Gasteiger partial charge in [-0.15, -0.1) is 11.8 Å². The molecule has 0 aromatic heterocycles. The molecule has 0 spiro atoms. The van der Waals surface area contributed by atoms with Crippen molar-refractivity contribution in [3.63, 3.8) is 0 Å². The number of rotatable bonds is 6. The highest BCUT2D eigenvalue weighted by Gasteiger charge is 1.93. The van der Waals surface area contributed by atoms with Crippen LogP contribution in [0.1, 0.15) is 6.42 Å². The second kappa shape index (κ2) is 7.18. The molecule has 0 aliphatic carbocycles. The normalized spacial score (nSPS) is 10.5. The fourth-order valence-corrected chi connectivity index (χ4v) is 2.01. The maximum Gasteiger partial charge on any atom is 0.0827 e. The van der Waals surface area contributed by atoms with E-state index in [0.29, 0.717) is 0 Å². The number of ether oxygens (including phenoxy) is 1. The van der Waals surface area contributed by atoms with E-state index in [1.54, 1.807) is 13.4 Å². The van der Waals surface area contributed by atoms with Crippen molar-refractivity contribution in [2.75, 3.05) is 12.9 Å². The molecule has 0 unspecified atom stereocenters. The molecule has 1 nitrogen and oxygen atoms in total. The van der Waals surface area contributed by atoms with Crippen LogP contribution in [0.3, 0.4) is 0 Å². The molecule has 0 bridgehead atoms. The topological polar surface area (TPSA) is 9.23 Å². The highest BCUT2D eigenvalue weighted by atomic mass is 32.2. The Hall–Kier alpha value is -1.15. The van der Waals surface area contributed by atoms with Crippen LogP contribution < -0.4 is 0 Å². The first-order valence-corrected chi connectivity index (χ1v) is 5.86. The smallest absolute Gasteiger partial charge is 0.0827 e. The average molecular weight is 220 g/mol. The van der Waals surface area contributed by atoms with Crippen LogP contribution in [0.25, 0.3) is 0 Å². The molecule has 0 radical (unpaired) electrons. The van der Waals surface area contributed by atoms with E-state index in [0.717, 1.165) is 17.7 Å². The zero-order valence-corrected chi connectivity index (χ0v) is 9.80. The Bertz CT molecular complexity index is 317. The van der Waals surface area contributed by atoms with Crippen LogP contribution in [0.15, 0.2) is 59.7 Å². The van der Waals surface area contributed by atoms with Crippen LogP contribution in [-0.4, -0.2) is 12.9 Å². The lowest BCUT2D eigenvalue weighted by atomic mass is 10.2. The van der Waals surface area contributed by atoms with E-state index in [4.69, 9.17) is 4.74 Å². The lowest BCUT2D eigenvalue weighted by molar-refractivity contribution is 0.337. The summed E-state index contributed by atoms with van der Waals surface area (Å²) in [4.78, 5) is 1.31. The van der Waals surface area contributed by atoms with Gasteiger partial charge < -0.3 is 4.74 Å². The third-order valence-corrected chi connectivity index (χ3v) is 2.89. The van der Waals surface area contributed by atoms with E-state index in [9.17, 15) is 0 Å². The Morgan fingerprint density at radius 3 is 2.80 bits per heavy atom. The van der Waals surface area contributed by atoms with Crippen LogP contribution in [0, 0.1) is 0 Å². The Kier molecular flexibility index (Phi) is 5.71. The second-order valence-corrected chi connectivity index (χ2v) is 4.28. The Morgan fingerprint density at radius 2 is 2.13 bits per heavy atom. The number of allylic oxidation sites excluding steroid dienone is 2. The first-order valence-electron chi connectivity index (χ1n) is 4.88. The molecule has 0 saturated heterocycles. The molecule has 0 aliphatic heterocycles. The number of benzene rings is 1. The van der Waals surface area contributed by atoms with Crippen molar-refractivity contribution in [1.82, 2.24) is 0 Å². The van der Waals surface area contributed by atoms with E-state index >= 15 is 0 Å². The highest BCUT2D eigenvalue weighted by Crippen LogP contribution is 2.19. The summed E-state index contributed by atoms with van der Waals surface area (Å²) < 4.78 is 4.83. The lowest BCUT2D eigenvalue weighted by Gasteiger charge is -2.01. The van der Waals surface area contributed by atoms with Crippen LogP contribution in [0.4, 0.5) is 0 Å². The summed E-state index contributed by atoms with van der Waals surface area (Å²) >= 11 is 1.85. The molecule has 80 valence electrons.